The van der Waals surface area contributed by atoms with Crippen molar-refractivity contribution in [3.63, 3.8) is 0 Å². The number of nitrogens with zero attached hydrogens (tertiary/aromatic N) is 4. The summed E-state index contributed by atoms with van der Waals surface area (Å²) in [5.74, 6) is 0.862. The van der Waals surface area contributed by atoms with Gasteiger partial charge in [-0.2, -0.15) is 0 Å². The number of rotatable bonds is 5. The highest BCUT2D eigenvalue weighted by atomic mass is 35.5. The number of aromatic nitrogens is 4. The summed E-state index contributed by atoms with van der Waals surface area (Å²) in [7, 11) is 0. The van der Waals surface area contributed by atoms with Crippen LogP contribution in [0, 0.1) is 27.7 Å². The standard InChI is InChI=1S/C23H22ClN5O2/c1-13-8-9-14(2)19(10-13)25-22(30)21-15(3)29(28-27-21)12-20-16(4)31-23(26-20)17-6-5-7-18(24)11-17/h5-11H,12H2,1-4H3,(H,25,30). The van der Waals surface area contributed by atoms with Crippen molar-refractivity contribution >= 4 is 23.2 Å². The molecule has 4 aromatic rings. The maximum absolute atomic E-state index is 12.8. The molecule has 2 aromatic carbocycles. The van der Waals surface area contributed by atoms with Crippen LogP contribution in [0.25, 0.3) is 11.5 Å². The van der Waals surface area contributed by atoms with Gasteiger partial charge in [0.1, 0.15) is 11.5 Å². The molecule has 1 amide bonds. The summed E-state index contributed by atoms with van der Waals surface area (Å²) in [4.78, 5) is 17.4. The lowest BCUT2D eigenvalue weighted by Gasteiger charge is -2.08. The highest BCUT2D eigenvalue weighted by Crippen LogP contribution is 2.25. The minimum Gasteiger partial charge on any atom is -0.441 e. The third-order valence-electron chi connectivity index (χ3n) is 5.10. The molecule has 8 heteroatoms. The van der Waals surface area contributed by atoms with Gasteiger partial charge < -0.3 is 9.73 Å². The molecule has 0 saturated heterocycles. The zero-order valence-electron chi connectivity index (χ0n) is 17.7. The molecule has 0 saturated carbocycles. The Balaban J connectivity index is 1.55. The van der Waals surface area contributed by atoms with Crippen LogP contribution in [0.5, 0.6) is 0 Å². The van der Waals surface area contributed by atoms with Gasteiger partial charge in [-0.05, 0) is 63.1 Å². The lowest BCUT2D eigenvalue weighted by molar-refractivity contribution is 0.102. The quantitative estimate of drug-likeness (QED) is 0.470. The lowest BCUT2D eigenvalue weighted by Crippen LogP contribution is -2.15. The number of hydrogen-bond acceptors (Lipinski definition) is 5. The molecule has 2 aromatic heterocycles. The molecule has 1 N–H and O–H groups in total. The first-order valence-electron chi connectivity index (χ1n) is 9.82. The Morgan fingerprint density at radius 2 is 1.94 bits per heavy atom. The van der Waals surface area contributed by atoms with Crippen LogP contribution in [-0.2, 0) is 6.54 Å². The molecule has 2 heterocycles. The average Bonchev–Trinajstić information content (AvgIpc) is 3.28. The van der Waals surface area contributed by atoms with E-state index in [1.165, 1.54) is 0 Å². The van der Waals surface area contributed by atoms with E-state index >= 15 is 0 Å². The van der Waals surface area contributed by atoms with E-state index in [2.05, 4.69) is 20.6 Å². The highest BCUT2D eigenvalue weighted by molar-refractivity contribution is 6.30. The molecule has 0 spiro atoms. The predicted molar refractivity (Wildman–Crippen MR) is 119 cm³/mol. The molecule has 31 heavy (non-hydrogen) atoms. The Hall–Kier alpha value is -3.45. The van der Waals surface area contributed by atoms with Crippen LogP contribution in [0.15, 0.2) is 46.9 Å². The first-order valence-corrected chi connectivity index (χ1v) is 10.2. The van der Waals surface area contributed by atoms with Crippen molar-refractivity contribution in [1.82, 2.24) is 20.0 Å². The van der Waals surface area contributed by atoms with Gasteiger partial charge in [0.05, 0.1) is 12.2 Å². The summed E-state index contributed by atoms with van der Waals surface area (Å²) in [5.41, 5.74) is 5.24. The van der Waals surface area contributed by atoms with E-state index < -0.39 is 0 Å². The number of anilines is 1. The predicted octanol–water partition coefficient (Wildman–Crippen LogP) is 5.12. The minimum atomic E-state index is -0.297. The molecular weight excluding hydrogens is 414 g/mol. The second-order valence-electron chi connectivity index (χ2n) is 7.49. The summed E-state index contributed by atoms with van der Waals surface area (Å²) in [6.45, 7) is 7.92. The van der Waals surface area contributed by atoms with E-state index in [1.807, 2.05) is 58.0 Å². The van der Waals surface area contributed by atoms with Crippen LogP contribution in [0.4, 0.5) is 5.69 Å². The summed E-state index contributed by atoms with van der Waals surface area (Å²) in [6, 6.07) is 13.2. The van der Waals surface area contributed by atoms with Crippen LogP contribution < -0.4 is 5.32 Å². The van der Waals surface area contributed by atoms with E-state index in [9.17, 15) is 4.79 Å². The first kappa shape index (κ1) is 20.8. The van der Waals surface area contributed by atoms with Crippen LogP contribution >= 0.6 is 11.6 Å². The number of carbonyl (C=O) groups excluding carboxylic acids is 1. The van der Waals surface area contributed by atoms with Crippen molar-refractivity contribution in [2.75, 3.05) is 5.32 Å². The highest BCUT2D eigenvalue weighted by Gasteiger charge is 2.20. The Labute approximate surface area is 185 Å². The maximum Gasteiger partial charge on any atom is 0.278 e. The molecule has 4 rings (SSSR count). The fraction of sp³-hybridized carbons (Fsp3) is 0.217. The fourth-order valence-electron chi connectivity index (χ4n) is 3.23. The van der Waals surface area contributed by atoms with E-state index in [0.717, 1.165) is 22.4 Å². The minimum absolute atomic E-state index is 0.275. The number of hydrogen-bond donors (Lipinski definition) is 1. The summed E-state index contributed by atoms with van der Waals surface area (Å²) in [5, 5.41) is 11.8. The number of aryl methyl sites for hydroxylation is 3. The number of carbonyl (C=O) groups is 1. The largest absolute Gasteiger partial charge is 0.441 e. The SMILES string of the molecule is Cc1ccc(C)c(NC(=O)c2nnn(Cc3nc(-c4cccc(Cl)c4)oc3C)c2C)c1. The van der Waals surface area contributed by atoms with Crippen molar-refractivity contribution in [3.8, 4) is 11.5 Å². The van der Waals surface area contributed by atoms with Gasteiger partial charge in [-0.15, -0.1) is 5.10 Å². The van der Waals surface area contributed by atoms with Crippen LogP contribution in [-0.4, -0.2) is 25.9 Å². The van der Waals surface area contributed by atoms with Gasteiger partial charge in [0.15, 0.2) is 5.69 Å². The lowest BCUT2D eigenvalue weighted by atomic mass is 10.1. The Kier molecular flexibility index (Phi) is 5.61. The molecule has 0 aliphatic carbocycles. The third-order valence-corrected chi connectivity index (χ3v) is 5.34. The average molecular weight is 436 g/mol. The topological polar surface area (TPSA) is 85.8 Å². The van der Waals surface area contributed by atoms with E-state index in [1.54, 1.807) is 16.8 Å². The van der Waals surface area contributed by atoms with E-state index in [4.69, 9.17) is 16.0 Å². The van der Waals surface area contributed by atoms with Crippen molar-refractivity contribution in [1.29, 1.82) is 0 Å². The zero-order chi connectivity index (χ0) is 22.1. The number of benzene rings is 2. The van der Waals surface area contributed by atoms with Gasteiger partial charge in [-0.1, -0.05) is 35.0 Å². The number of halogens is 1. The third kappa shape index (κ3) is 4.36. The first-order chi connectivity index (χ1) is 14.8. The van der Waals surface area contributed by atoms with Gasteiger partial charge in [-0.25, -0.2) is 9.67 Å². The monoisotopic (exact) mass is 435 g/mol. The molecule has 0 aliphatic rings. The number of oxazole rings is 1. The Bertz CT molecular complexity index is 1270. The fourth-order valence-corrected chi connectivity index (χ4v) is 3.42. The van der Waals surface area contributed by atoms with Gasteiger partial charge in [0, 0.05) is 16.3 Å². The second kappa shape index (κ2) is 8.35. The van der Waals surface area contributed by atoms with Crippen LogP contribution in [0.3, 0.4) is 0 Å². The van der Waals surface area contributed by atoms with Crippen LogP contribution in [0.1, 0.15) is 38.8 Å². The molecule has 0 atom stereocenters. The smallest absolute Gasteiger partial charge is 0.278 e. The molecule has 0 fully saturated rings. The van der Waals surface area contributed by atoms with Gasteiger partial charge in [-0.3, -0.25) is 4.79 Å². The molecule has 0 radical (unpaired) electrons. The Morgan fingerprint density at radius 1 is 1.13 bits per heavy atom. The van der Waals surface area contributed by atoms with E-state index in [-0.39, 0.29) is 11.6 Å². The molecule has 0 unspecified atom stereocenters. The van der Waals surface area contributed by atoms with Gasteiger partial charge in [0.2, 0.25) is 5.89 Å². The summed E-state index contributed by atoms with van der Waals surface area (Å²) < 4.78 is 7.46. The molecule has 0 aliphatic heterocycles. The molecule has 158 valence electrons. The van der Waals surface area contributed by atoms with Crippen molar-refractivity contribution in [3.05, 3.63) is 81.5 Å². The zero-order valence-corrected chi connectivity index (χ0v) is 18.5. The Morgan fingerprint density at radius 3 is 2.71 bits per heavy atom. The van der Waals surface area contributed by atoms with Crippen LogP contribution in [0.2, 0.25) is 5.02 Å². The molecular formula is C23H22ClN5O2. The second-order valence-corrected chi connectivity index (χ2v) is 7.92. The van der Waals surface area contributed by atoms with Crippen molar-refractivity contribution in [2.24, 2.45) is 0 Å². The van der Waals surface area contributed by atoms with Crippen molar-refractivity contribution in [2.45, 2.75) is 34.2 Å². The summed E-state index contributed by atoms with van der Waals surface area (Å²) in [6.07, 6.45) is 0. The van der Waals surface area contributed by atoms with Gasteiger partial charge in [0.25, 0.3) is 5.91 Å². The van der Waals surface area contributed by atoms with Crippen molar-refractivity contribution < 1.29 is 9.21 Å². The van der Waals surface area contributed by atoms with Gasteiger partial charge >= 0.3 is 0 Å². The number of nitrogens with one attached hydrogen (secondary N) is 1. The molecule has 7 nitrogen and oxygen atoms in total. The normalized spacial score (nSPS) is 11.0. The summed E-state index contributed by atoms with van der Waals surface area (Å²) >= 11 is 6.07. The maximum atomic E-state index is 12.8. The molecule has 0 bridgehead atoms. The van der Waals surface area contributed by atoms with E-state index in [0.29, 0.717) is 34.6 Å². The number of amides is 1.